The van der Waals surface area contributed by atoms with Gasteiger partial charge in [0.25, 0.3) is 0 Å². The molecule has 0 aliphatic carbocycles. The molecule has 0 aliphatic heterocycles. The minimum Gasteiger partial charge on any atom is -0.326 e. The van der Waals surface area contributed by atoms with Crippen LogP contribution < -0.4 is 10.6 Å². The SMILES string of the molecule is Cc1ccc(NC(=O)CSc2nnc(CC(=O)Nc3cccc(C(F)(F)F)c3)n2C)cc1. The molecule has 0 spiro atoms. The van der Waals surface area contributed by atoms with Crippen molar-refractivity contribution in [3.63, 3.8) is 0 Å². The van der Waals surface area contributed by atoms with Crippen molar-refractivity contribution >= 4 is 35.0 Å². The Morgan fingerprint density at radius 1 is 1.00 bits per heavy atom. The van der Waals surface area contributed by atoms with Crippen LogP contribution in [0.4, 0.5) is 24.5 Å². The van der Waals surface area contributed by atoms with Crippen LogP contribution in [-0.4, -0.2) is 32.3 Å². The fourth-order valence-electron chi connectivity index (χ4n) is 2.71. The summed E-state index contributed by atoms with van der Waals surface area (Å²) in [7, 11) is 1.65. The Kier molecular flexibility index (Phi) is 7.18. The monoisotopic (exact) mass is 463 g/mol. The molecular formula is C21H20F3N5O2S. The molecule has 0 saturated carbocycles. The minimum atomic E-state index is -4.50. The maximum Gasteiger partial charge on any atom is 0.416 e. The highest BCUT2D eigenvalue weighted by Gasteiger charge is 2.30. The van der Waals surface area contributed by atoms with E-state index in [0.717, 1.165) is 29.5 Å². The predicted octanol–water partition coefficient (Wildman–Crippen LogP) is 4.05. The Hall–Kier alpha value is -3.34. The van der Waals surface area contributed by atoms with Gasteiger partial charge in [-0.05, 0) is 37.3 Å². The molecule has 0 atom stereocenters. The average molecular weight is 463 g/mol. The van der Waals surface area contributed by atoms with Crippen molar-refractivity contribution in [1.29, 1.82) is 0 Å². The number of halogens is 3. The molecule has 2 aromatic carbocycles. The van der Waals surface area contributed by atoms with Crippen molar-refractivity contribution in [3.05, 3.63) is 65.5 Å². The van der Waals surface area contributed by atoms with Crippen LogP contribution in [0.2, 0.25) is 0 Å². The van der Waals surface area contributed by atoms with Gasteiger partial charge in [0.05, 0.1) is 17.7 Å². The van der Waals surface area contributed by atoms with Crippen molar-refractivity contribution in [2.24, 2.45) is 7.05 Å². The van der Waals surface area contributed by atoms with Gasteiger partial charge >= 0.3 is 6.18 Å². The van der Waals surface area contributed by atoms with Gasteiger partial charge in [-0.1, -0.05) is 35.5 Å². The van der Waals surface area contributed by atoms with Gasteiger partial charge in [-0.15, -0.1) is 10.2 Å². The van der Waals surface area contributed by atoms with E-state index in [-0.39, 0.29) is 23.8 Å². The van der Waals surface area contributed by atoms with Crippen LogP contribution >= 0.6 is 11.8 Å². The van der Waals surface area contributed by atoms with Crippen molar-refractivity contribution in [3.8, 4) is 0 Å². The summed E-state index contributed by atoms with van der Waals surface area (Å²) in [5.74, 6) is -0.342. The van der Waals surface area contributed by atoms with E-state index in [1.165, 1.54) is 12.1 Å². The second kappa shape index (κ2) is 9.86. The van der Waals surface area contributed by atoms with Gasteiger partial charge in [0, 0.05) is 18.4 Å². The number of rotatable bonds is 7. The third-order valence-electron chi connectivity index (χ3n) is 4.39. The maximum atomic E-state index is 12.8. The largest absolute Gasteiger partial charge is 0.416 e. The summed E-state index contributed by atoms with van der Waals surface area (Å²) in [6, 6.07) is 11.8. The standard InChI is InChI=1S/C21H20F3N5O2S/c1-13-6-8-15(9-7-13)25-19(31)12-32-20-28-27-17(29(20)2)11-18(30)26-16-5-3-4-14(10-16)21(22,23)24/h3-10H,11-12H2,1-2H3,(H,25,31)(H,26,30). The third-order valence-corrected chi connectivity index (χ3v) is 5.41. The summed E-state index contributed by atoms with van der Waals surface area (Å²) < 4.78 is 40.0. The number of carbonyl (C=O) groups is 2. The van der Waals surface area contributed by atoms with E-state index in [1.54, 1.807) is 23.7 Å². The lowest BCUT2D eigenvalue weighted by atomic mass is 10.2. The first-order chi connectivity index (χ1) is 15.1. The lowest BCUT2D eigenvalue weighted by Gasteiger charge is -2.10. The Bertz CT molecular complexity index is 1110. The quantitative estimate of drug-likeness (QED) is 0.516. The first-order valence-corrected chi connectivity index (χ1v) is 10.4. The van der Waals surface area contributed by atoms with E-state index >= 15 is 0 Å². The van der Waals surface area contributed by atoms with E-state index in [1.807, 2.05) is 19.1 Å². The number of carbonyl (C=O) groups excluding carboxylic acids is 2. The molecule has 2 N–H and O–H groups in total. The van der Waals surface area contributed by atoms with Crippen LogP contribution in [0.15, 0.2) is 53.7 Å². The highest BCUT2D eigenvalue weighted by molar-refractivity contribution is 7.99. The van der Waals surface area contributed by atoms with E-state index in [2.05, 4.69) is 20.8 Å². The first kappa shape index (κ1) is 23.3. The van der Waals surface area contributed by atoms with Gasteiger partial charge in [0.15, 0.2) is 5.16 Å². The zero-order chi connectivity index (χ0) is 23.3. The van der Waals surface area contributed by atoms with Crippen molar-refractivity contribution < 1.29 is 22.8 Å². The zero-order valence-electron chi connectivity index (χ0n) is 17.2. The van der Waals surface area contributed by atoms with Gasteiger partial charge in [-0.25, -0.2) is 0 Å². The Morgan fingerprint density at radius 3 is 2.38 bits per heavy atom. The number of anilines is 2. The molecule has 0 fully saturated rings. The van der Waals surface area contributed by atoms with Crippen LogP contribution in [0, 0.1) is 6.92 Å². The van der Waals surface area contributed by atoms with Gasteiger partial charge in [-0.2, -0.15) is 13.2 Å². The number of aryl methyl sites for hydroxylation is 1. The average Bonchev–Trinajstić information content (AvgIpc) is 3.07. The van der Waals surface area contributed by atoms with Crippen LogP contribution in [-0.2, 0) is 29.2 Å². The topological polar surface area (TPSA) is 88.9 Å². The molecule has 11 heteroatoms. The van der Waals surface area contributed by atoms with E-state index < -0.39 is 17.6 Å². The lowest BCUT2D eigenvalue weighted by Crippen LogP contribution is -2.18. The highest BCUT2D eigenvalue weighted by Crippen LogP contribution is 2.30. The van der Waals surface area contributed by atoms with E-state index in [4.69, 9.17) is 0 Å². The lowest BCUT2D eigenvalue weighted by molar-refractivity contribution is -0.137. The number of alkyl halides is 3. The molecule has 0 radical (unpaired) electrons. The fraction of sp³-hybridized carbons (Fsp3) is 0.238. The van der Waals surface area contributed by atoms with Crippen molar-refractivity contribution in [2.75, 3.05) is 16.4 Å². The van der Waals surface area contributed by atoms with Crippen molar-refractivity contribution in [2.45, 2.75) is 24.7 Å². The Balaban J connectivity index is 1.54. The third kappa shape index (κ3) is 6.33. The predicted molar refractivity (Wildman–Crippen MR) is 115 cm³/mol. The number of amides is 2. The molecule has 0 bridgehead atoms. The second-order valence-corrected chi connectivity index (χ2v) is 7.91. The molecule has 32 heavy (non-hydrogen) atoms. The minimum absolute atomic E-state index is 0.0365. The molecular weight excluding hydrogens is 443 g/mol. The van der Waals surface area contributed by atoms with Gasteiger partial charge in [-0.3, -0.25) is 9.59 Å². The van der Waals surface area contributed by atoms with Crippen molar-refractivity contribution in [1.82, 2.24) is 14.8 Å². The summed E-state index contributed by atoms with van der Waals surface area (Å²) in [5.41, 5.74) is 0.957. The smallest absolute Gasteiger partial charge is 0.326 e. The molecule has 7 nitrogen and oxygen atoms in total. The summed E-state index contributed by atoms with van der Waals surface area (Å²) in [6.45, 7) is 1.95. The van der Waals surface area contributed by atoms with Crippen LogP contribution in [0.5, 0.6) is 0 Å². The van der Waals surface area contributed by atoms with Crippen LogP contribution in [0.25, 0.3) is 0 Å². The maximum absolute atomic E-state index is 12.8. The van der Waals surface area contributed by atoms with Crippen LogP contribution in [0.1, 0.15) is 17.0 Å². The normalized spacial score (nSPS) is 11.3. The summed E-state index contributed by atoms with van der Waals surface area (Å²) in [6.07, 6.45) is -4.68. The molecule has 0 aliphatic rings. The van der Waals surface area contributed by atoms with Gasteiger partial charge in [0.1, 0.15) is 5.82 Å². The molecule has 1 aromatic heterocycles. The van der Waals surface area contributed by atoms with E-state index in [9.17, 15) is 22.8 Å². The number of hydrogen-bond donors (Lipinski definition) is 2. The molecule has 2 amide bonds. The number of benzene rings is 2. The van der Waals surface area contributed by atoms with Crippen LogP contribution in [0.3, 0.4) is 0 Å². The first-order valence-electron chi connectivity index (χ1n) is 9.46. The second-order valence-electron chi connectivity index (χ2n) is 6.96. The molecule has 1 heterocycles. The molecule has 168 valence electrons. The molecule has 0 saturated heterocycles. The number of thioether (sulfide) groups is 1. The summed E-state index contributed by atoms with van der Waals surface area (Å²) in [4.78, 5) is 24.4. The number of nitrogens with zero attached hydrogens (tertiary/aromatic N) is 3. The van der Waals surface area contributed by atoms with Gasteiger partial charge < -0.3 is 15.2 Å². The molecule has 0 unspecified atom stereocenters. The summed E-state index contributed by atoms with van der Waals surface area (Å²) in [5, 5.41) is 13.6. The number of aromatic nitrogens is 3. The number of nitrogens with one attached hydrogen (secondary N) is 2. The highest BCUT2D eigenvalue weighted by atomic mass is 32.2. The Morgan fingerprint density at radius 2 is 1.69 bits per heavy atom. The molecule has 3 aromatic rings. The molecule has 3 rings (SSSR count). The fourth-order valence-corrected chi connectivity index (χ4v) is 3.44. The van der Waals surface area contributed by atoms with E-state index in [0.29, 0.717) is 16.7 Å². The van der Waals surface area contributed by atoms with Gasteiger partial charge in [0.2, 0.25) is 11.8 Å². The summed E-state index contributed by atoms with van der Waals surface area (Å²) >= 11 is 1.15. The number of hydrogen-bond acceptors (Lipinski definition) is 5. The zero-order valence-corrected chi connectivity index (χ0v) is 18.0. The Labute approximate surface area is 186 Å².